The van der Waals surface area contributed by atoms with Gasteiger partial charge in [0, 0.05) is 40.8 Å². The summed E-state index contributed by atoms with van der Waals surface area (Å²) in [7, 11) is 1.58. The van der Waals surface area contributed by atoms with Crippen LogP contribution >= 0.6 is 0 Å². The normalized spacial score (nSPS) is 19.1. The molecule has 4 rings (SSSR count). The van der Waals surface area contributed by atoms with E-state index in [1.54, 1.807) is 7.11 Å². The molecule has 0 aliphatic carbocycles. The van der Waals surface area contributed by atoms with Crippen LogP contribution in [0.5, 0.6) is 5.75 Å². The minimum atomic E-state index is -1.57. The number of aromatic amines is 1. The van der Waals surface area contributed by atoms with Crippen molar-refractivity contribution in [2.75, 3.05) is 13.7 Å². The van der Waals surface area contributed by atoms with E-state index in [9.17, 15) is 9.18 Å². The highest BCUT2D eigenvalue weighted by Gasteiger charge is 2.40. The lowest BCUT2D eigenvalue weighted by atomic mass is 9.87. The Morgan fingerprint density at radius 3 is 2.50 bits per heavy atom. The van der Waals surface area contributed by atoms with Gasteiger partial charge in [-0.2, -0.15) is 0 Å². The Labute approximate surface area is 197 Å². The number of rotatable bonds is 6. The van der Waals surface area contributed by atoms with Crippen molar-refractivity contribution in [3.63, 3.8) is 0 Å². The summed E-state index contributed by atoms with van der Waals surface area (Å²) in [5.74, 6) is -1.05. The number of H-pyrrole nitrogens is 1. The van der Waals surface area contributed by atoms with Gasteiger partial charge in [-0.3, -0.25) is 9.69 Å². The Morgan fingerprint density at radius 1 is 1.24 bits per heavy atom. The van der Waals surface area contributed by atoms with E-state index in [0.29, 0.717) is 17.9 Å². The molecule has 0 amide bonds. The van der Waals surface area contributed by atoms with Crippen LogP contribution in [0.15, 0.2) is 36.4 Å². The molecule has 3 aromatic rings. The standard InChI is InChI=1S/C27H29F3N2O2/c1-15-10-20-19-9-8-18(34-5)13-23(19)31-25(20)26(32(15)14-27(3,4)30)24-21(28)11-17(12-22(24)29)7-6-16(2)33/h6-9,11-13,15,26,31H,10,14H2,1-5H3/b7-6+. The molecule has 2 heterocycles. The number of ether oxygens (including phenoxy) is 1. The van der Waals surface area contributed by atoms with Gasteiger partial charge in [0.15, 0.2) is 5.78 Å². The highest BCUT2D eigenvalue weighted by molar-refractivity contribution is 5.91. The molecule has 34 heavy (non-hydrogen) atoms. The summed E-state index contributed by atoms with van der Waals surface area (Å²) in [4.78, 5) is 16.4. The number of halogens is 3. The SMILES string of the molecule is COc1ccc2c3c([nH]c2c1)C(c1c(F)cc(/C=C/C(C)=O)cc1F)N(CC(C)(C)F)C(C)C3. The second kappa shape index (κ2) is 8.95. The molecule has 0 saturated carbocycles. The van der Waals surface area contributed by atoms with Crippen molar-refractivity contribution in [1.82, 2.24) is 9.88 Å². The fourth-order valence-corrected chi connectivity index (χ4v) is 4.84. The molecule has 2 aromatic carbocycles. The Bertz CT molecular complexity index is 1250. The molecule has 2 atom stereocenters. The number of nitrogens with zero attached hydrogens (tertiary/aromatic N) is 1. The Morgan fingerprint density at radius 2 is 1.91 bits per heavy atom. The van der Waals surface area contributed by atoms with E-state index in [1.165, 1.54) is 45.1 Å². The first-order chi connectivity index (χ1) is 16.0. The number of ketones is 1. The molecule has 1 N–H and O–H groups in total. The van der Waals surface area contributed by atoms with Gasteiger partial charge in [0.05, 0.1) is 13.2 Å². The van der Waals surface area contributed by atoms with Gasteiger partial charge in [0.1, 0.15) is 23.1 Å². The lowest BCUT2D eigenvalue weighted by Crippen LogP contribution is -2.48. The van der Waals surface area contributed by atoms with E-state index in [0.717, 1.165) is 16.5 Å². The van der Waals surface area contributed by atoms with E-state index in [4.69, 9.17) is 4.74 Å². The fraction of sp³-hybridized carbons (Fsp3) is 0.370. The van der Waals surface area contributed by atoms with Crippen LogP contribution in [0.25, 0.3) is 17.0 Å². The third kappa shape index (κ3) is 4.62. The van der Waals surface area contributed by atoms with Gasteiger partial charge in [-0.15, -0.1) is 0 Å². The summed E-state index contributed by atoms with van der Waals surface area (Å²) in [5.41, 5.74) is 0.936. The van der Waals surface area contributed by atoms with E-state index in [1.807, 2.05) is 30.0 Å². The first-order valence-electron chi connectivity index (χ1n) is 11.3. The number of methoxy groups -OCH3 is 1. The molecule has 1 aliphatic heterocycles. The average Bonchev–Trinajstić information content (AvgIpc) is 3.10. The van der Waals surface area contributed by atoms with Crippen LogP contribution in [0.2, 0.25) is 0 Å². The van der Waals surface area contributed by atoms with Crippen molar-refractivity contribution < 1.29 is 22.7 Å². The van der Waals surface area contributed by atoms with Gasteiger partial charge in [0.25, 0.3) is 0 Å². The van der Waals surface area contributed by atoms with Gasteiger partial charge in [-0.1, -0.05) is 6.08 Å². The van der Waals surface area contributed by atoms with Crippen LogP contribution in [0, 0.1) is 11.6 Å². The van der Waals surface area contributed by atoms with Crippen LogP contribution < -0.4 is 4.74 Å². The molecule has 2 unspecified atom stereocenters. The number of hydrogen-bond acceptors (Lipinski definition) is 3. The maximum absolute atomic E-state index is 15.5. The molecule has 0 spiro atoms. The minimum absolute atomic E-state index is 0.00182. The van der Waals surface area contributed by atoms with Crippen LogP contribution in [-0.2, 0) is 11.2 Å². The predicted molar refractivity (Wildman–Crippen MR) is 128 cm³/mol. The number of aromatic nitrogens is 1. The first kappa shape index (κ1) is 24.1. The average molecular weight is 471 g/mol. The van der Waals surface area contributed by atoms with Crippen LogP contribution in [-0.4, -0.2) is 41.0 Å². The van der Waals surface area contributed by atoms with Crippen LogP contribution in [0.3, 0.4) is 0 Å². The zero-order valence-electron chi connectivity index (χ0n) is 20.0. The quantitative estimate of drug-likeness (QED) is 0.440. The number of allylic oxidation sites excluding steroid dienone is 1. The molecule has 1 aromatic heterocycles. The van der Waals surface area contributed by atoms with Crippen LogP contribution in [0.4, 0.5) is 13.2 Å². The number of carbonyl (C=O) groups is 1. The Hall–Kier alpha value is -3.06. The maximum atomic E-state index is 15.5. The number of hydrogen-bond donors (Lipinski definition) is 1. The van der Waals surface area contributed by atoms with Crippen molar-refractivity contribution in [2.45, 2.75) is 51.9 Å². The molecule has 7 heteroatoms. The van der Waals surface area contributed by atoms with E-state index < -0.39 is 23.3 Å². The van der Waals surface area contributed by atoms with Crippen molar-refractivity contribution in [1.29, 1.82) is 0 Å². The smallest absolute Gasteiger partial charge is 0.152 e. The van der Waals surface area contributed by atoms with Gasteiger partial charge in [-0.25, -0.2) is 13.2 Å². The largest absolute Gasteiger partial charge is 0.497 e. The summed E-state index contributed by atoms with van der Waals surface area (Å²) in [5, 5.41) is 0.952. The van der Waals surface area contributed by atoms with Gasteiger partial charge in [0.2, 0.25) is 0 Å². The summed E-state index contributed by atoms with van der Waals surface area (Å²) in [6, 6.07) is 7.04. The fourth-order valence-electron chi connectivity index (χ4n) is 4.84. The summed E-state index contributed by atoms with van der Waals surface area (Å²) in [6.07, 6.45) is 3.25. The zero-order valence-corrected chi connectivity index (χ0v) is 20.0. The lowest BCUT2D eigenvalue weighted by Gasteiger charge is -2.43. The highest BCUT2D eigenvalue weighted by Crippen LogP contribution is 2.43. The topological polar surface area (TPSA) is 45.3 Å². The summed E-state index contributed by atoms with van der Waals surface area (Å²) < 4.78 is 51.2. The second-order valence-electron chi connectivity index (χ2n) is 9.62. The van der Waals surface area contributed by atoms with Crippen molar-refractivity contribution in [2.24, 2.45) is 0 Å². The molecule has 1 aliphatic rings. The Kier molecular flexibility index (Phi) is 6.34. The van der Waals surface area contributed by atoms with Crippen molar-refractivity contribution in [3.8, 4) is 5.75 Å². The number of benzene rings is 2. The number of alkyl halides is 1. The third-order valence-corrected chi connectivity index (χ3v) is 6.26. The molecular formula is C27H29F3N2O2. The summed E-state index contributed by atoms with van der Waals surface area (Å²) >= 11 is 0. The first-order valence-corrected chi connectivity index (χ1v) is 11.3. The zero-order chi connectivity index (χ0) is 24.8. The number of carbonyl (C=O) groups excluding carboxylic acids is 1. The van der Waals surface area contributed by atoms with E-state index in [2.05, 4.69) is 4.98 Å². The third-order valence-electron chi connectivity index (χ3n) is 6.26. The number of fused-ring (bicyclic) bond motifs is 3. The molecule has 0 radical (unpaired) electrons. The van der Waals surface area contributed by atoms with Gasteiger partial charge in [-0.05, 0) is 75.6 Å². The molecule has 0 fully saturated rings. The molecule has 0 bridgehead atoms. The maximum Gasteiger partial charge on any atom is 0.152 e. The number of nitrogens with one attached hydrogen (secondary N) is 1. The molecule has 180 valence electrons. The molecule has 4 nitrogen and oxygen atoms in total. The Balaban J connectivity index is 1.93. The van der Waals surface area contributed by atoms with Crippen LogP contribution in [0.1, 0.15) is 56.1 Å². The lowest BCUT2D eigenvalue weighted by molar-refractivity contribution is -0.112. The monoisotopic (exact) mass is 470 g/mol. The van der Waals surface area contributed by atoms with Crippen molar-refractivity contribution >= 4 is 22.8 Å². The van der Waals surface area contributed by atoms with Gasteiger partial charge >= 0.3 is 0 Å². The van der Waals surface area contributed by atoms with E-state index >= 15 is 8.78 Å². The highest BCUT2D eigenvalue weighted by atomic mass is 19.1. The minimum Gasteiger partial charge on any atom is -0.497 e. The molecule has 0 saturated heterocycles. The van der Waals surface area contributed by atoms with Crippen molar-refractivity contribution in [3.05, 3.63) is 70.4 Å². The van der Waals surface area contributed by atoms with E-state index in [-0.39, 0.29) is 29.5 Å². The summed E-state index contributed by atoms with van der Waals surface area (Å²) in [6.45, 7) is 6.24. The second-order valence-corrected chi connectivity index (χ2v) is 9.62. The predicted octanol–water partition coefficient (Wildman–Crippen LogP) is 6.14. The van der Waals surface area contributed by atoms with Gasteiger partial charge < -0.3 is 9.72 Å². The molecular weight excluding hydrogens is 441 g/mol.